The van der Waals surface area contributed by atoms with Crippen LogP contribution in [-0.4, -0.2) is 29.6 Å². The van der Waals surface area contributed by atoms with E-state index < -0.39 is 5.97 Å². The van der Waals surface area contributed by atoms with Crippen LogP contribution in [0.15, 0.2) is 22.7 Å². The van der Waals surface area contributed by atoms with Crippen molar-refractivity contribution in [1.29, 1.82) is 0 Å². The first kappa shape index (κ1) is 12.2. The first-order valence-corrected chi connectivity index (χ1v) is 5.54. The Bertz CT molecular complexity index is 366. The Hall–Kier alpha value is -0.870. The summed E-state index contributed by atoms with van der Waals surface area (Å²) in [7, 11) is 2.03. The van der Waals surface area contributed by atoms with Crippen LogP contribution in [0.3, 0.4) is 0 Å². The van der Waals surface area contributed by atoms with E-state index in [2.05, 4.69) is 27.8 Å². The molecule has 1 aromatic carbocycles. The fourth-order valence-corrected chi connectivity index (χ4v) is 1.72. The molecule has 82 valence electrons. The molecule has 0 aromatic heterocycles. The third kappa shape index (κ3) is 3.32. The van der Waals surface area contributed by atoms with Gasteiger partial charge in [0.2, 0.25) is 0 Å². The standard InChI is InChI=1S/C11H14BrNO2/c1-3-13(2)7-9-5-4-8(11(14)15)6-10(9)12/h4-6H,3,7H2,1-2H3,(H,14,15). The van der Waals surface area contributed by atoms with E-state index in [0.29, 0.717) is 5.56 Å². The van der Waals surface area contributed by atoms with Gasteiger partial charge in [0.15, 0.2) is 0 Å². The molecule has 0 heterocycles. The Morgan fingerprint density at radius 2 is 2.20 bits per heavy atom. The summed E-state index contributed by atoms with van der Waals surface area (Å²) in [5.74, 6) is -0.897. The van der Waals surface area contributed by atoms with Crippen LogP contribution < -0.4 is 0 Å². The Morgan fingerprint density at radius 1 is 1.53 bits per heavy atom. The van der Waals surface area contributed by atoms with E-state index in [0.717, 1.165) is 23.1 Å². The third-order valence-corrected chi connectivity index (χ3v) is 3.02. The van der Waals surface area contributed by atoms with Gasteiger partial charge in [-0.05, 0) is 31.3 Å². The number of hydrogen-bond acceptors (Lipinski definition) is 2. The second-order valence-electron chi connectivity index (χ2n) is 3.44. The van der Waals surface area contributed by atoms with Crippen LogP contribution in [0.4, 0.5) is 0 Å². The molecule has 3 nitrogen and oxygen atoms in total. The van der Waals surface area contributed by atoms with Gasteiger partial charge in [-0.1, -0.05) is 28.9 Å². The van der Waals surface area contributed by atoms with Crippen LogP contribution in [0, 0.1) is 0 Å². The summed E-state index contributed by atoms with van der Waals surface area (Å²) in [5.41, 5.74) is 1.41. The van der Waals surface area contributed by atoms with Gasteiger partial charge in [-0.25, -0.2) is 4.79 Å². The Morgan fingerprint density at radius 3 is 2.67 bits per heavy atom. The molecule has 0 amide bonds. The van der Waals surface area contributed by atoms with Crippen molar-refractivity contribution in [3.63, 3.8) is 0 Å². The van der Waals surface area contributed by atoms with Gasteiger partial charge in [0, 0.05) is 11.0 Å². The molecule has 0 radical (unpaired) electrons. The summed E-state index contributed by atoms with van der Waals surface area (Å²) >= 11 is 3.38. The van der Waals surface area contributed by atoms with Crippen molar-refractivity contribution in [2.45, 2.75) is 13.5 Å². The summed E-state index contributed by atoms with van der Waals surface area (Å²) in [5, 5.41) is 8.80. The van der Waals surface area contributed by atoms with Crippen LogP contribution in [-0.2, 0) is 6.54 Å². The zero-order chi connectivity index (χ0) is 11.4. The molecule has 0 aliphatic heterocycles. The highest BCUT2D eigenvalue weighted by Crippen LogP contribution is 2.20. The molecule has 0 atom stereocenters. The number of halogens is 1. The van der Waals surface area contributed by atoms with E-state index in [-0.39, 0.29) is 0 Å². The van der Waals surface area contributed by atoms with Crippen LogP contribution in [0.2, 0.25) is 0 Å². The molecule has 0 fully saturated rings. The van der Waals surface area contributed by atoms with Gasteiger partial charge in [0.25, 0.3) is 0 Å². The molecule has 4 heteroatoms. The first-order chi connectivity index (χ1) is 7.04. The lowest BCUT2D eigenvalue weighted by Gasteiger charge is -2.15. The molecule has 1 aromatic rings. The fraction of sp³-hybridized carbons (Fsp3) is 0.364. The van der Waals surface area contributed by atoms with Crippen molar-refractivity contribution in [1.82, 2.24) is 4.90 Å². The number of rotatable bonds is 4. The summed E-state index contributed by atoms with van der Waals surface area (Å²) in [6, 6.07) is 5.12. The van der Waals surface area contributed by atoms with Gasteiger partial charge < -0.3 is 10.0 Å². The molecule has 0 bridgehead atoms. The molecule has 0 saturated carbocycles. The second kappa shape index (κ2) is 5.28. The lowest BCUT2D eigenvalue weighted by atomic mass is 10.1. The Balaban J connectivity index is 2.88. The quantitative estimate of drug-likeness (QED) is 0.915. The van der Waals surface area contributed by atoms with Crippen molar-refractivity contribution < 1.29 is 9.90 Å². The average Bonchev–Trinajstić information content (AvgIpc) is 2.20. The average molecular weight is 272 g/mol. The minimum Gasteiger partial charge on any atom is -0.478 e. The molecule has 1 rings (SSSR count). The number of aromatic carboxylic acids is 1. The number of carboxylic acid groups (broad SMARTS) is 1. The number of carboxylic acids is 1. The lowest BCUT2D eigenvalue weighted by Crippen LogP contribution is -2.17. The largest absolute Gasteiger partial charge is 0.478 e. The smallest absolute Gasteiger partial charge is 0.335 e. The van der Waals surface area contributed by atoms with E-state index in [9.17, 15) is 4.79 Å². The lowest BCUT2D eigenvalue weighted by molar-refractivity contribution is 0.0697. The van der Waals surface area contributed by atoms with Crippen molar-refractivity contribution in [2.75, 3.05) is 13.6 Å². The monoisotopic (exact) mass is 271 g/mol. The van der Waals surface area contributed by atoms with E-state index in [1.54, 1.807) is 12.1 Å². The summed E-state index contributed by atoms with van der Waals surface area (Å²) in [4.78, 5) is 12.9. The normalized spacial score (nSPS) is 10.7. The van der Waals surface area contributed by atoms with Crippen LogP contribution in [0.5, 0.6) is 0 Å². The van der Waals surface area contributed by atoms with E-state index in [1.165, 1.54) is 0 Å². The number of carbonyl (C=O) groups is 1. The SMILES string of the molecule is CCN(C)Cc1ccc(C(=O)O)cc1Br. The van der Waals surface area contributed by atoms with E-state index in [1.807, 2.05) is 13.1 Å². The maximum atomic E-state index is 10.7. The minimum absolute atomic E-state index is 0.310. The van der Waals surface area contributed by atoms with Crippen LogP contribution in [0.1, 0.15) is 22.8 Å². The molecule has 0 saturated heterocycles. The maximum Gasteiger partial charge on any atom is 0.335 e. The highest BCUT2D eigenvalue weighted by atomic mass is 79.9. The van der Waals surface area contributed by atoms with Gasteiger partial charge >= 0.3 is 5.97 Å². The maximum absolute atomic E-state index is 10.7. The highest BCUT2D eigenvalue weighted by Gasteiger charge is 2.07. The zero-order valence-electron chi connectivity index (χ0n) is 8.83. The number of nitrogens with zero attached hydrogens (tertiary/aromatic N) is 1. The van der Waals surface area contributed by atoms with Crippen LogP contribution >= 0.6 is 15.9 Å². The number of benzene rings is 1. The second-order valence-corrected chi connectivity index (χ2v) is 4.30. The topological polar surface area (TPSA) is 40.5 Å². The summed E-state index contributed by atoms with van der Waals surface area (Å²) in [6.45, 7) is 3.86. The molecule has 0 unspecified atom stereocenters. The predicted octanol–water partition coefficient (Wildman–Crippen LogP) is 2.60. The van der Waals surface area contributed by atoms with Crippen molar-refractivity contribution in [3.8, 4) is 0 Å². The molecule has 0 spiro atoms. The Kier molecular flexibility index (Phi) is 4.29. The van der Waals surface area contributed by atoms with Gasteiger partial charge in [0.1, 0.15) is 0 Å². The highest BCUT2D eigenvalue weighted by molar-refractivity contribution is 9.10. The van der Waals surface area contributed by atoms with Gasteiger partial charge in [0.05, 0.1) is 5.56 Å². The molecule has 0 aliphatic rings. The molecular weight excluding hydrogens is 258 g/mol. The first-order valence-electron chi connectivity index (χ1n) is 4.75. The van der Waals surface area contributed by atoms with Crippen molar-refractivity contribution >= 4 is 21.9 Å². The predicted molar refractivity (Wildman–Crippen MR) is 63.1 cm³/mol. The van der Waals surface area contributed by atoms with Crippen molar-refractivity contribution in [2.24, 2.45) is 0 Å². The summed E-state index contributed by atoms with van der Waals surface area (Å²) in [6.07, 6.45) is 0. The third-order valence-electron chi connectivity index (χ3n) is 2.28. The molecule has 1 N–H and O–H groups in total. The van der Waals surface area contributed by atoms with E-state index >= 15 is 0 Å². The number of hydrogen-bond donors (Lipinski definition) is 1. The molecular formula is C11H14BrNO2. The molecule has 0 aliphatic carbocycles. The van der Waals surface area contributed by atoms with Gasteiger partial charge in [-0.2, -0.15) is 0 Å². The van der Waals surface area contributed by atoms with Crippen molar-refractivity contribution in [3.05, 3.63) is 33.8 Å². The zero-order valence-corrected chi connectivity index (χ0v) is 10.4. The van der Waals surface area contributed by atoms with E-state index in [4.69, 9.17) is 5.11 Å². The fourth-order valence-electron chi connectivity index (χ4n) is 1.21. The minimum atomic E-state index is -0.897. The Labute approximate surface area is 97.8 Å². The molecule has 15 heavy (non-hydrogen) atoms. The van der Waals surface area contributed by atoms with Crippen LogP contribution in [0.25, 0.3) is 0 Å². The van der Waals surface area contributed by atoms with Gasteiger partial charge in [-0.3, -0.25) is 0 Å². The van der Waals surface area contributed by atoms with Gasteiger partial charge in [-0.15, -0.1) is 0 Å². The summed E-state index contributed by atoms with van der Waals surface area (Å²) < 4.78 is 0.850.